The van der Waals surface area contributed by atoms with E-state index in [2.05, 4.69) is 21.3 Å². The first-order chi connectivity index (χ1) is 13.1. The Labute approximate surface area is 161 Å². The molecular formula is C21H28N4O2. The van der Waals surface area contributed by atoms with E-state index in [1.54, 1.807) is 7.11 Å². The predicted octanol–water partition coefficient (Wildman–Crippen LogP) is 2.73. The van der Waals surface area contributed by atoms with Crippen LogP contribution in [0, 0.1) is 13.8 Å². The molecule has 3 rings (SSSR count). The van der Waals surface area contributed by atoms with Crippen molar-refractivity contribution in [2.24, 2.45) is 0 Å². The molecule has 0 bridgehead atoms. The van der Waals surface area contributed by atoms with Gasteiger partial charge in [-0.2, -0.15) is 0 Å². The van der Waals surface area contributed by atoms with Crippen molar-refractivity contribution in [3.63, 3.8) is 0 Å². The first kappa shape index (κ1) is 19.2. The molecule has 0 aliphatic carbocycles. The number of ether oxygens (including phenoxy) is 1. The zero-order valence-corrected chi connectivity index (χ0v) is 16.4. The van der Waals surface area contributed by atoms with Gasteiger partial charge in [0.05, 0.1) is 7.11 Å². The molecule has 6 heteroatoms. The van der Waals surface area contributed by atoms with Crippen LogP contribution in [0.1, 0.15) is 22.4 Å². The molecule has 0 saturated carbocycles. The van der Waals surface area contributed by atoms with Crippen LogP contribution in [0.25, 0.3) is 0 Å². The topological polar surface area (TPSA) is 57.7 Å². The highest BCUT2D eigenvalue weighted by Crippen LogP contribution is 2.20. The lowest BCUT2D eigenvalue weighted by molar-refractivity contribution is 0.134. The highest BCUT2D eigenvalue weighted by atomic mass is 16.5. The minimum absolute atomic E-state index is 0.00748. The molecular weight excluding hydrogens is 340 g/mol. The fourth-order valence-electron chi connectivity index (χ4n) is 3.38. The molecule has 1 saturated heterocycles. The number of nitrogens with one attached hydrogen (secondary N) is 1. The van der Waals surface area contributed by atoms with Gasteiger partial charge in [-0.15, -0.1) is 0 Å². The van der Waals surface area contributed by atoms with Crippen molar-refractivity contribution in [3.05, 3.63) is 58.9 Å². The monoisotopic (exact) mass is 368 g/mol. The molecule has 0 radical (unpaired) electrons. The van der Waals surface area contributed by atoms with Gasteiger partial charge in [0.2, 0.25) is 0 Å². The number of pyridine rings is 1. The maximum atomic E-state index is 12.5. The van der Waals surface area contributed by atoms with Gasteiger partial charge in [-0.25, -0.2) is 4.79 Å². The molecule has 2 heterocycles. The molecule has 27 heavy (non-hydrogen) atoms. The Balaban J connectivity index is 1.47. The molecule has 0 spiro atoms. The van der Waals surface area contributed by atoms with E-state index in [0.717, 1.165) is 55.3 Å². The average molecular weight is 368 g/mol. The lowest BCUT2D eigenvalue weighted by atomic mass is 10.1. The molecule has 0 unspecified atom stereocenters. The third kappa shape index (κ3) is 4.98. The number of nitrogens with zero attached hydrogens (tertiary/aromatic N) is 3. The van der Waals surface area contributed by atoms with Crippen molar-refractivity contribution >= 4 is 6.03 Å². The van der Waals surface area contributed by atoms with E-state index in [1.165, 1.54) is 5.56 Å². The van der Waals surface area contributed by atoms with Gasteiger partial charge in [0.25, 0.3) is 0 Å². The second-order valence-electron chi connectivity index (χ2n) is 6.99. The first-order valence-electron chi connectivity index (χ1n) is 9.36. The van der Waals surface area contributed by atoms with Gasteiger partial charge in [-0.3, -0.25) is 9.88 Å². The molecule has 2 aromatic rings. The summed E-state index contributed by atoms with van der Waals surface area (Å²) in [5.41, 5.74) is 4.39. The van der Waals surface area contributed by atoms with Gasteiger partial charge in [0.1, 0.15) is 5.75 Å². The Morgan fingerprint density at radius 1 is 1.15 bits per heavy atom. The van der Waals surface area contributed by atoms with Gasteiger partial charge in [-0.1, -0.05) is 18.2 Å². The Morgan fingerprint density at radius 2 is 1.89 bits per heavy atom. The second kappa shape index (κ2) is 8.86. The van der Waals surface area contributed by atoms with Gasteiger partial charge in [0, 0.05) is 56.7 Å². The van der Waals surface area contributed by atoms with E-state index in [4.69, 9.17) is 4.74 Å². The number of hydrogen-bond acceptors (Lipinski definition) is 4. The van der Waals surface area contributed by atoms with Crippen molar-refractivity contribution in [3.8, 4) is 5.75 Å². The molecule has 6 nitrogen and oxygen atoms in total. The number of carbonyl (C=O) groups is 1. The molecule has 1 fully saturated rings. The van der Waals surface area contributed by atoms with Crippen LogP contribution in [0.4, 0.5) is 4.79 Å². The standard InChI is InChI=1S/C21H28N4O2/c1-16-12-17(2)22-13-19(16)14-23-21(26)25-10-8-24(9-11-25)15-18-6-4-5-7-20(18)27-3/h4-7,12-13H,8-11,14-15H2,1-3H3,(H,23,26). The Hall–Kier alpha value is -2.60. The molecule has 144 valence electrons. The minimum Gasteiger partial charge on any atom is -0.496 e. The molecule has 1 N–H and O–H groups in total. The van der Waals surface area contributed by atoms with Crippen molar-refractivity contribution in [1.82, 2.24) is 20.1 Å². The molecule has 1 aliphatic heterocycles. The summed E-state index contributed by atoms with van der Waals surface area (Å²) in [6.45, 7) is 8.55. The zero-order chi connectivity index (χ0) is 19.2. The number of hydrogen-bond donors (Lipinski definition) is 1. The summed E-state index contributed by atoms with van der Waals surface area (Å²) in [4.78, 5) is 21.0. The maximum Gasteiger partial charge on any atom is 0.317 e. The van der Waals surface area contributed by atoms with E-state index >= 15 is 0 Å². The third-order valence-corrected chi connectivity index (χ3v) is 5.03. The van der Waals surface area contributed by atoms with E-state index in [1.807, 2.05) is 49.2 Å². The normalized spacial score (nSPS) is 14.9. The maximum absolute atomic E-state index is 12.5. The van der Waals surface area contributed by atoms with Gasteiger partial charge >= 0.3 is 6.03 Å². The van der Waals surface area contributed by atoms with E-state index in [0.29, 0.717) is 6.54 Å². The number of urea groups is 1. The van der Waals surface area contributed by atoms with Crippen LogP contribution in [0.2, 0.25) is 0 Å². The second-order valence-corrected chi connectivity index (χ2v) is 6.99. The molecule has 1 aliphatic rings. The highest BCUT2D eigenvalue weighted by molar-refractivity contribution is 5.74. The first-order valence-corrected chi connectivity index (χ1v) is 9.36. The van der Waals surface area contributed by atoms with Crippen LogP contribution >= 0.6 is 0 Å². The number of rotatable bonds is 5. The average Bonchev–Trinajstić information content (AvgIpc) is 2.68. The van der Waals surface area contributed by atoms with Gasteiger partial charge in [-0.05, 0) is 37.1 Å². The summed E-state index contributed by atoms with van der Waals surface area (Å²) in [5, 5.41) is 3.02. The number of carbonyl (C=O) groups excluding carboxylic acids is 1. The van der Waals surface area contributed by atoms with Crippen LogP contribution < -0.4 is 10.1 Å². The lowest BCUT2D eigenvalue weighted by Crippen LogP contribution is -2.51. The highest BCUT2D eigenvalue weighted by Gasteiger charge is 2.21. The Bertz CT molecular complexity index is 786. The fraction of sp³-hybridized carbons (Fsp3) is 0.429. The van der Waals surface area contributed by atoms with Gasteiger partial charge < -0.3 is 15.0 Å². The molecule has 1 aromatic carbocycles. The smallest absolute Gasteiger partial charge is 0.317 e. The van der Waals surface area contributed by atoms with E-state index < -0.39 is 0 Å². The summed E-state index contributed by atoms with van der Waals surface area (Å²) in [6.07, 6.45) is 1.84. The number of benzene rings is 1. The number of aryl methyl sites for hydroxylation is 2. The third-order valence-electron chi connectivity index (χ3n) is 5.03. The largest absolute Gasteiger partial charge is 0.496 e. The van der Waals surface area contributed by atoms with Crippen LogP contribution in [0.5, 0.6) is 5.75 Å². The van der Waals surface area contributed by atoms with Crippen molar-refractivity contribution in [2.45, 2.75) is 26.9 Å². The van der Waals surface area contributed by atoms with Crippen molar-refractivity contribution in [1.29, 1.82) is 0 Å². The van der Waals surface area contributed by atoms with Crippen LogP contribution in [-0.2, 0) is 13.1 Å². The summed E-state index contributed by atoms with van der Waals surface area (Å²) >= 11 is 0. The Kier molecular flexibility index (Phi) is 6.29. The summed E-state index contributed by atoms with van der Waals surface area (Å²) in [5.74, 6) is 0.916. The molecule has 1 aromatic heterocycles. The van der Waals surface area contributed by atoms with Crippen LogP contribution in [0.3, 0.4) is 0 Å². The SMILES string of the molecule is COc1ccccc1CN1CCN(C(=O)NCc2cnc(C)cc2C)CC1. The quantitative estimate of drug-likeness (QED) is 0.882. The number of amides is 2. The number of piperazine rings is 1. The summed E-state index contributed by atoms with van der Waals surface area (Å²) in [6, 6.07) is 10.1. The van der Waals surface area contributed by atoms with E-state index in [-0.39, 0.29) is 6.03 Å². The number of methoxy groups -OCH3 is 1. The number of aromatic nitrogens is 1. The molecule has 0 atom stereocenters. The lowest BCUT2D eigenvalue weighted by Gasteiger charge is -2.35. The van der Waals surface area contributed by atoms with Crippen LogP contribution in [-0.4, -0.2) is 54.1 Å². The van der Waals surface area contributed by atoms with Gasteiger partial charge in [0.15, 0.2) is 0 Å². The van der Waals surface area contributed by atoms with Crippen LogP contribution in [0.15, 0.2) is 36.5 Å². The molecule has 2 amide bonds. The summed E-state index contributed by atoms with van der Waals surface area (Å²) < 4.78 is 5.43. The fourth-order valence-corrected chi connectivity index (χ4v) is 3.38. The number of para-hydroxylation sites is 1. The summed E-state index contributed by atoms with van der Waals surface area (Å²) in [7, 11) is 1.70. The Morgan fingerprint density at radius 3 is 2.59 bits per heavy atom. The predicted molar refractivity (Wildman–Crippen MR) is 106 cm³/mol. The van der Waals surface area contributed by atoms with Crippen molar-refractivity contribution < 1.29 is 9.53 Å². The minimum atomic E-state index is -0.00748. The van der Waals surface area contributed by atoms with Crippen molar-refractivity contribution in [2.75, 3.05) is 33.3 Å². The van der Waals surface area contributed by atoms with E-state index in [9.17, 15) is 4.79 Å². The zero-order valence-electron chi connectivity index (χ0n) is 16.4.